The van der Waals surface area contributed by atoms with Crippen LogP contribution >= 0.6 is 0 Å². The van der Waals surface area contributed by atoms with E-state index < -0.39 is 15.8 Å². The summed E-state index contributed by atoms with van der Waals surface area (Å²) in [5.41, 5.74) is 1.90. The monoisotopic (exact) mass is 396 g/mol. The van der Waals surface area contributed by atoms with E-state index >= 15 is 0 Å². The summed E-state index contributed by atoms with van der Waals surface area (Å²) in [4.78, 5) is 12.3. The highest BCUT2D eigenvalue weighted by Crippen LogP contribution is 2.20. The summed E-state index contributed by atoms with van der Waals surface area (Å²) in [6, 6.07) is 23.0. The molecule has 0 aliphatic carbocycles. The third-order valence-corrected chi connectivity index (χ3v) is 4.73. The van der Waals surface area contributed by atoms with Crippen molar-refractivity contribution < 1.29 is 22.7 Å². The second-order valence-corrected chi connectivity index (χ2v) is 8.55. The van der Waals surface area contributed by atoms with E-state index in [1.165, 1.54) is 6.07 Å². The first kappa shape index (κ1) is 19.6. The molecule has 0 atom stereocenters. The second-order valence-electron chi connectivity index (χ2n) is 6.41. The molecule has 0 N–H and O–H groups in total. The Morgan fingerprint density at radius 3 is 2.14 bits per heavy atom. The lowest BCUT2D eigenvalue weighted by molar-refractivity contribution is 0.0734. The average Bonchev–Trinajstić information content (AvgIpc) is 2.67. The number of ether oxygens (including phenoxy) is 2. The van der Waals surface area contributed by atoms with Crippen LogP contribution in [0.1, 0.15) is 21.5 Å². The van der Waals surface area contributed by atoms with Crippen molar-refractivity contribution in [2.45, 2.75) is 12.4 Å². The lowest BCUT2D eigenvalue weighted by Gasteiger charge is -2.08. The Morgan fingerprint density at radius 1 is 0.821 bits per heavy atom. The summed E-state index contributed by atoms with van der Waals surface area (Å²) in [6.07, 6.45) is 1.15. The molecular formula is C22H20O5S. The van der Waals surface area contributed by atoms with Crippen LogP contribution in [0.4, 0.5) is 0 Å². The van der Waals surface area contributed by atoms with Crippen LogP contribution in [-0.2, 0) is 22.2 Å². The molecule has 0 bridgehead atoms. The number of benzene rings is 3. The van der Waals surface area contributed by atoms with Crippen LogP contribution < -0.4 is 9.47 Å². The Hall–Kier alpha value is -3.12. The number of esters is 1. The van der Waals surface area contributed by atoms with E-state index in [0.717, 1.165) is 11.8 Å². The van der Waals surface area contributed by atoms with Crippen molar-refractivity contribution in [1.29, 1.82) is 0 Å². The molecule has 0 amide bonds. The predicted octanol–water partition coefficient (Wildman–Crippen LogP) is 4.03. The number of carbonyl (C=O) groups is 1. The van der Waals surface area contributed by atoms with Crippen molar-refractivity contribution >= 4 is 15.8 Å². The van der Waals surface area contributed by atoms with Crippen LogP contribution in [-0.4, -0.2) is 20.6 Å². The standard InChI is InChI=1S/C22H20O5S/c1-28(24,25)16-18-8-5-9-19(14-18)22(23)27-21-12-10-20(11-13-21)26-15-17-6-3-2-4-7-17/h2-14H,15-16H2,1H3. The molecule has 3 rings (SSSR count). The molecule has 0 aliphatic heterocycles. The van der Waals surface area contributed by atoms with E-state index in [1.807, 2.05) is 30.3 Å². The van der Waals surface area contributed by atoms with Crippen molar-refractivity contribution in [3.05, 3.63) is 95.6 Å². The van der Waals surface area contributed by atoms with Crippen LogP contribution in [0.3, 0.4) is 0 Å². The van der Waals surface area contributed by atoms with E-state index in [9.17, 15) is 13.2 Å². The molecule has 0 fully saturated rings. The summed E-state index contributed by atoms with van der Waals surface area (Å²) in [7, 11) is -3.17. The molecular weight excluding hydrogens is 376 g/mol. The minimum Gasteiger partial charge on any atom is -0.489 e. The Bertz CT molecular complexity index is 1040. The molecule has 0 heterocycles. The highest BCUT2D eigenvalue weighted by Gasteiger charge is 2.11. The van der Waals surface area contributed by atoms with Crippen molar-refractivity contribution in [3.63, 3.8) is 0 Å². The van der Waals surface area contributed by atoms with Crippen LogP contribution in [0.2, 0.25) is 0 Å². The van der Waals surface area contributed by atoms with E-state index in [2.05, 4.69) is 0 Å². The highest BCUT2D eigenvalue weighted by molar-refractivity contribution is 7.89. The van der Waals surface area contributed by atoms with Gasteiger partial charge in [0.1, 0.15) is 18.1 Å². The highest BCUT2D eigenvalue weighted by atomic mass is 32.2. The molecule has 3 aromatic rings. The molecule has 144 valence electrons. The summed E-state index contributed by atoms with van der Waals surface area (Å²) >= 11 is 0. The zero-order chi connectivity index (χ0) is 20.0. The van der Waals surface area contributed by atoms with Gasteiger partial charge in [0.05, 0.1) is 11.3 Å². The summed E-state index contributed by atoms with van der Waals surface area (Å²) in [5.74, 6) is 0.374. The lowest BCUT2D eigenvalue weighted by Crippen LogP contribution is -2.09. The number of rotatable bonds is 7. The Kier molecular flexibility index (Phi) is 6.11. The van der Waals surface area contributed by atoms with Crippen LogP contribution in [0.5, 0.6) is 11.5 Å². The largest absolute Gasteiger partial charge is 0.489 e. The average molecular weight is 396 g/mol. The maximum atomic E-state index is 12.3. The zero-order valence-corrected chi connectivity index (χ0v) is 16.2. The molecule has 0 spiro atoms. The number of carbonyl (C=O) groups excluding carboxylic acids is 1. The first-order valence-corrected chi connectivity index (χ1v) is 10.7. The fourth-order valence-electron chi connectivity index (χ4n) is 2.60. The molecule has 0 radical (unpaired) electrons. The molecule has 0 saturated carbocycles. The van der Waals surface area contributed by atoms with Gasteiger partial charge in [-0.25, -0.2) is 13.2 Å². The summed E-state index contributed by atoms with van der Waals surface area (Å²) < 4.78 is 33.9. The molecule has 0 saturated heterocycles. The normalized spacial score (nSPS) is 11.0. The number of hydrogen-bond acceptors (Lipinski definition) is 5. The van der Waals surface area contributed by atoms with Gasteiger partial charge >= 0.3 is 5.97 Å². The lowest BCUT2D eigenvalue weighted by atomic mass is 10.1. The van der Waals surface area contributed by atoms with Gasteiger partial charge in [-0.05, 0) is 47.5 Å². The Morgan fingerprint density at radius 2 is 1.46 bits per heavy atom. The zero-order valence-electron chi connectivity index (χ0n) is 15.4. The number of hydrogen-bond donors (Lipinski definition) is 0. The topological polar surface area (TPSA) is 69.7 Å². The van der Waals surface area contributed by atoms with Crippen LogP contribution in [0, 0.1) is 0 Å². The van der Waals surface area contributed by atoms with Gasteiger partial charge in [0.2, 0.25) is 0 Å². The molecule has 6 heteroatoms. The van der Waals surface area contributed by atoms with Gasteiger partial charge < -0.3 is 9.47 Å². The molecule has 0 aliphatic rings. The van der Waals surface area contributed by atoms with Gasteiger partial charge in [-0.2, -0.15) is 0 Å². The van der Waals surface area contributed by atoms with Crippen molar-refractivity contribution in [3.8, 4) is 11.5 Å². The first-order chi connectivity index (χ1) is 13.4. The van der Waals surface area contributed by atoms with Gasteiger partial charge in [0.15, 0.2) is 9.84 Å². The third-order valence-electron chi connectivity index (χ3n) is 3.87. The third kappa shape index (κ3) is 5.96. The first-order valence-electron chi connectivity index (χ1n) is 8.65. The number of sulfone groups is 1. The fourth-order valence-corrected chi connectivity index (χ4v) is 3.39. The van der Waals surface area contributed by atoms with Gasteiger partial charge in [0, 0.05) is 6.26 Å². The Balaban J connectivity index is 1.60. The van der Waals surface area contributed by atoms with E-state index in [-0.39, 0.29) is 5.75 Å². The molecule has 5 nitrogen and oxygen atoms in total. The van der Waals surface area contributed by atoms with Crippen molar-refractivity contribution in [2.75, 3.05) is 6.26 Å². The van der Waals surface area contributed by atoms with E-state index in [0.29, 0.717) is 29.2 Å². The molecule has 0 unspecified atom stereocenters. The minimum absolute atomic E-state index is 0.123. The fraction of sp³-hybridized carbons (Fsp3) is 0.136. The van der Waals surface area contributed by atoms with Crippen LogP contribution in [0.25, 0.3) is 0 Å². The minimum atomic E-state index is -3.17. The van der Waals surface area contributed by atoms with Gasteiger partial charge in [-0.15, -0.1) is 0 Å². The van der Waals surface area contributed by atoms with Gasteiger partial charge in [0.25, 0.3) is 0 Å². The second kappa shape index (κ2) is 8.71. The van der Waals surface area contributed by atoms with Gasteiger partial charge in [-0.3, -0.25) is 0 Å². The molecule has 3 aromatic carbocycles. The van der Waals surface area contributed by atoms with Crippen molar-refractivity contribution in [2.24, 2.45) is 0 Å². The predicted molar refractivity (Wildman–Crippen MR) is 107 cm³/mol. The van der Waals surface area contributed by atoms with Crippen molar-refractivity contribution in [1.82, 2.24) is 0 Å². The SMILES string of the molecule is CS(=O)(=O)Cc1cccc(C(=O)Oc2ccc(OCc3ccccc3)cc2)c1. The quantitative estimate of drug-likeness (QED) is 0.445. The maximum Gasteiger partial charge on any atom is 0.343 e. The van der Waals surface area contributed by atoms with Crippen LogP contribution in [0.15, 0.2) is 78.9 Å². The maximum absolute atomic E-state index is 12.3. The summed E-state index contributed by atoms with van der Waals surface area (Å²) in [5, 5.41) is 0. The van der Waals surface area contributed by atoms with Gasteiger partial charge in [-0.1, -0.05) is 42.5 Å². The summed E-state index contributed by atoms with van der Waals surface area (Å²) in [6.45, 7) is 0.451. The Labute approximate surface area is 164 Å². The van der Waals surface area contributed by atoms with E-state index in [4.69, 9.17) is 9.47 Å². The smallest absolute Gasteiger partial charge is 0.343 e. The molecule has 28 heavy (non-hydrogen) atoms. The van der Waals surface area contributed by atoms with E-state index in [1.54, 1.807) is 42.5 Å². The molecule has 0 aromatic heterocycles.